The van der Waals surface area contributed by atoms with Crippen molar-refractivity contribution in [1.82, 2.24) is 4.98 Å². The number of alkyl halides is 1. The number of ether oxygens (including phenoxy) is 2. The van der Waals surface area contributed by atoms with Gasteiger partial charge in [-0.3, -0.25) is 4.98 Å². The number of rotatable bonds is 7. The zero-order valence-electron chi connectivity index (χ0n) is 9.77. The minimum absolute atomic E-state index is 0.152. The molecular formula is C12H16FNO3. The molecule has 1 aromatic rings. The maximum absolute atomic E-state index is 13.0. The average Bonchev–Trinajstić information content (AvgIpc) is 2.36. The predicted octanol–water partition coefficient (Wildman–Crippen LogP) is 1.89. The summed E-state index contributed by atoms with van der Waals surface area (Å²) >= 11 is 0. The summed E-state index contributed by atoms with van der Waals surface area (Å²) in [6.45, 7) is 1.95. The van der Waals surface area contributed by atoms with Crippen LogP contribution in [0.25, 0.3) is 0 Å². The molecule has 0 aromatic carbocycles. The lowest BCUT2D eigenvalue weighted by atomic mass is 10.1. The Labute approximate surface area is 99.8 Å². The summed E-state index contributed by atoms with van der Waals surface area (Å²) in [5, 5.41) is 0. The third kappa shape index (κ3) is 5.40. The van der Waals surface area contributed by atoms with Crippen molar-refractivity contribution in [2.24, 2.45) is 0 Å². The van der Waals surface area contributed by atoms with E-state index in [1.165, 1.54) is 0 Å². The van der Waals surface area contributed by atoms with Crippen LogP contribution in [0.15, 0.2) is 24.5 Å². The molecule has 0 N–H and O–H groups in total. The van der Waals surface area contributed by atoms with Crippen molar-refractivity contribution in [3.8, 4) is 0 Å². The third-order valence-electron chi connectivity index (χ3n) is 2.10. The first-order valence-corrected chi connectivity index (χ1v) is 5.55. The minimum atomic E-state index is -1.98. The van der Waals surface area contributed by atoms with Gasteiger partial charge in [0.25, 0.3) is 6.36 Å². The van der Waals surface area contributed by atoms with E-state index in [9.17, 15) is 9.18 Å². The van der Waals surface area contributed by atoms with E-state index in [0.29, 0.717) is 6.42 Å². The van der Waals surface area contributed by atoms with Crippen molar-refractivity contribution in [3.63, 3.8) is 0 Å². The highest BCUT2D eigenvalue weighted by Crippen LogP contribution is 2.03. The summed E-state index contributed by atoms with van der Waals surface area (Å²) in [6.07, 6.45) is 2.83. The largest absolute Gasteiger partial charge is 0.462 e. The Morgan fingerprint density at radius 3 is 2.82 bits per heavy atom. The van der Waals surface area contributed by atoms with E-state index in [0.717, 1.165) is 12.0 Å². The molecule has 0 spiro atoms. The van der Waals surface area contributed by atoms with Gasteiger partial charge >= 0.3 is 5.97 Å². The molecule has 1 rings (SSSR count). The summed E-state index contributed by atoms with van der Waals surface area (Å²) in [7, 11) is 0. The molecule has 1 heterocycles. The van der Waals surface area contributed by atoms with E-state index in [2.05, 4.69) is 9.72 Å². The fourth-order valence-corrected chi connectivity index (χ4v) is 1.29. The Morgan fingerprint density at radius 1 is 1.47 bits per heavy atom. The first kappa shape index (κ1) is 13.6. The van der Waals surface area contributed by atoms with Gasteiger partial charge < -0.3 is 9.47 Å². The number of aromatic nitrogens is 1. The number of carbonyl (C=O) groups excluding carboxylic acids is 1. The molecule has 0 bridgehead atoms. The third-order valence-corrected chi connectivity index (χ3v) is 2.10. The van der Waals surface area contributed by atoms with Gasteiger partial charge in [0.2, 0.25) is 0 Å². The van der Waals surface area contributed by atoms with Gasteiger partial charge in [0.15, 0.2) is 0 Å². The number of hydrogen-bond donors (Lipinski definition) is 0. The van der Waals surface area contributed by atoms with Crippen LogP contribution in [0.5, 0.6) is 0 Å². The van der Waals surface area contributed by atoms with Gasteiger partial charge in [-0.2, -0.15) is 0 Å². The molecule has 0 radical (unpaired) electrons. The van der Waals surface area contributed by atoms with E-state index in [1.54, 1.807) is 19.3 Å². The predicted molar refractivity (Wildman–Crippen MR) is 60.0 cm³/mol. The van der Waals surface area contributed by atoms with E-state index in [-0.39, 0.29) is 13.2 Å². The molecule has 17 heavy (non-hydrogen) atoms. The van der Waals surface area contributed by atoms with Gasteiger partial charge in [-0.05, 0) is 37.5 Å². The van der Waals surface area contributed by atoms with Crippen LogP contribution in [0.3, 0.4) is 0 Å². The number of hydrogen-bond acceptors (Lipinski definition) is 4. The highest BCUT2D eigenvalue weighted by atomic mass is 19.1. The summed E-state index contributed by atoms with van der Waals surface area (Å²) in [5.74, 6) is -0.962. The van der Waals surface area contributed by atoms with Crippen molar-refractivity contribution in [2.75, 3.05) is 13.2 Å². The fourth-order valence-electron chi connectivity index (χ4n) is 1.29. The minimum Gasteiger partial charge on any atom is -0.462 e. The van der Waals surface area contributed by atoms with Crippen LogP contribution in [0, 0.1) is 0 Å². The second kappa shape index (κ2) is 7.73. The van der Waals surface area contributed by atoms with Gasteiger partial charge in [-0.15, -0.1) is 0 Å². The molecule has 0 amide bonds. The Balaban J connectivity index is 2.14. The van der Waals surface area contributed by atoms with Crippen LogP contribution in [0.2, 0.25) is 0 Å². The maximum atomic E-state index is 13.0. The molecule has 4 nitrogen and oxygen atoms in total. The van der Waals surface area contributed by atoms with Gasteiger partial charge in [0.05, 0.1) is 13.2 Å². The van der Waals surface area contributed by atoms with Crippen molar-refractivity contribution in [2.45, 2.75) is 26.1 Å². The monoisotopic (exact) mass is 241 g/mol. The number of aryl methyl sites for hydroxylation is 1. The zero-order valence-corrected chi connectivity index (χ0v) is 9.77. The molecule has 0 aliphatic heterocycles. The smallest absolute Gasteiger partial charge is 0.368 e. The van der Waals surface area contributed by atoms with Crippen LogP contribution in [-0.2, 0) is 20.7 Å². The van der Waals surface area contributed by atoms with Crippen LogP contribution in [-0.4, -0.2) is 30.5 Å². The molecule has 1 atom stereocenters. The molecule has 0 aliphatic rings. The van der Waals surface area contributed by atoms with Crippen LogP contribution in [0.1, 0.15) is 18.9 Å². The maximum Gasteiger partial charge on any atom is 0.368 e. The normalized spacial score (nSPS) is 12.1. The molecule has 1 unspecified atom stereocenters. The summed E-state index contributed by atoms with van der Waals surface area (Å²) in [5.41, 5.74) is 1.11. The molecule has 0 fully saturated rings. The van der Waals surface area contributed by atoms with Gasteiger partial charge in [0.1, 0.15) is 0 Å². The lowest BCUT2D eigenvalue weighted by Crippen LogP contribution is -2.22. The van der Waals surface area contributed by atoms with Crippen LogP contribution in [0.4, 0.5) is 4.39 Å². The van der Waals surface area contributed by atoms with Crippen molar-refractivity contribution >= 4 is 5.97 Å². The Bertz CT molecular complexity index is 332. The molecule has 0 saturated carbocycles. The van der Waals surface area contributed by atoms with E-state index >= 15 is 0 Å². The zero-order chi connectivity index (χ0) is 12.5. The standard InChI is InChI=1S/C12H16FNO3/c1-2-16-12(15)11(13)17-9-3-4-10-5-7-14-8-6-10/h5-8,11H,2-4,9H2,1H3. The van der Waals surface area contributed by atoms with Gasteiger partial charge in [-0.1, -0.05) is 0 Å². The summed E-state index contributed by atoms with van der Waals surface area (Å²) in [4.78, 5) is 14.8. The quantitative estimate of drug-likeness (QED) is 0.540. The van der Waals surface area contributed by atoms with E-state index in [1.807, 2.05) is 12.1 Å². The lowest BCUT2D eigenvalue weighted by molar-refractivity contribution is -0.169. The molecular weight excluding hydrogens is 225 g/mol. The second-order valence-corrected chi connectivity index (χ2v) is 3.40. The first-order chi connectivity index (χ1) is 8.24. The number of esters is 1. The second-order valence-electron chi connectivity index (χ2n) is 3.40. The van der Waals surface area contributed by atoms with Crippen molar-refractivity contribution < 1.29 is 18.7 Å². The highest BCUT2D eigenvalue weighted by molar-refractivity contribution is 5.72. The molecule has 5 heteroatoms. The molecule has 0 saturated heterocycles. The highest BCUT2D eigenvalue weighted by Gasteiger charge is 2.18. The van der Waals surface area contributed by atoms with Crippen LogP contribution < -0.4 is 0 Å². The van der Waals surface area contributed by atoms with Crippen LogP contribution >= 0.6 is 0 Å². The molecule has 94 valence electrons. The number of carbonyl (C=O) groups is 1. The Morgan fingerprint density at radius 2 is 2.18 bits per heavy atom. The number of pyridine rings is 1. The Kier molecular flexibility index (Phi) is 6.17. The SMILES string of the molecule is CCOC(=O)C(F)OCCCc1ccncc1. The van der Waals surface area contributed by atoms with E-state index < -0.39 is 12.3 Å². The van der Waals surface area contributed by atoms with Gasteiger partial charge in [0, 0.05) is 12.4 Å². The first-order valence-electron chi connectivity index (χ1n) is 5.55. The van der Waals surface area contributed by atoms with Crippen molar-refractivity contribution in [1.29, 1.82) is 0 Å². The summed E-state index contributed by atoms with van der Waals surface area (Å²) in [6, 6.07) is 3.77. The number of halogens is 1. The fraction of sp³-hybridized carbons (Fsp3) is 0.500. The van der Waals surface area contributed by atoms with E-state index in [4.69, 9.17) is 4.74 Å². The van der Waals surface area contributed by atoms with Crippen molar-refractivity contribution in [3.05, 3.63) is 30.1 Å². The lowest BCUT2D eigenvalue weighted by Gasteiger charge is -2.08. The van der Waals surface area contributed by atoms with Gasteiger partial charge in [-0.25, -0.2) is 9.18 Å². The number of nitrogens with zero attached hydrogens (tertiary/aromatic N) is 1. The molecule has 1 aromatic heterocycles. The average molecular weight is 241 g/mol. The topological polar surface area (TPSA) is 48.4 Å². The Hall–Kier alpha value is -1.49. The molecule has 0 aliphatic carbocycles. The summed E-state index contributed by atoms with van der Waals surface area (Å²) < 4.78 is 22.2.